The minimum Gasteiger partial charge on any atom is -0.394 e. The zero-order valence-corrected chi connectivity index (χ0v) is 9.10. The third kappa shape index (κ3) is 1.32. The lowest BCUT2D eigenvalue weighted by molar-refractivity contribution is 0.0352. The number of nitrogens with zero attached hydrogens (tertiary/aromatic N) is 2. The van der Waals surface area contributed by atoms with Crippen LogP contribution in [0, 0.1) is 0 Å². The Morgan fingerprint density at radius 3 is 2.62 bits per heavy atom. The molecule has 1 aromatic rings. The molecule has 84 valence electrons. The summed E-state index contributed by atoms with van der Waals surface area (Å²) >= 11 is 0. The molecule has 5 heteroatoms. The summed E-state index contributed by atoms with van der Waals surface area (Å²) in [4.78, 5) is 28.9. The van der Waals surface area contributed by atoms with Crippen molar-refractivity contribution in [2.75, 3.05) is 6.61 Å². The first-order chi connectivity index (χ1) is 7.49. The number of rotatable bonds is 2. The smallest absolute Gasteiger partial charge is 0.280 e. The van der Waals surface area contributed by atoms with E-state index in [1.54, 1.807) is 26.0 Å². The fraction of sp³-hybridized carbons (Fsp3) is 0.364. The van der Waals surface area contributed by atoms with Crippen molar-refractivity contribution < 1.29 is 14.7 Å². The van der Waals surface area contributed by atoms with Crippen molar-refractivity contribution >= 4 is 11.8 Å². The van der Waals surface area contributed by atoms with Gasteiger partial charge in [-0.05, 0) is 26.0 Å². The van der Waals surface area contributed by atoms with Crippen molar-refractivity contribution in [3.63, 3.8) is 0 Å². The molecule has 0 atom stereocenters. The molecule has 0 saturated carbocycles. The zero-order chi connectivity index (χ0) is 11.9. The first kappa shape index (κ1) is 10.8. The van der Waals surface area contributed by atoms with Crippen LogP contribution in [0.2, 0.25) is 0 Å². The molecule has 0 spiro atoms. The lowest BCUT2D eigenvalue weighted by Gasteiger charge is -2.31. The Balaban J connectivity index is 2.51. The molecular weight excluding hydrogens is 208 g/mol. The molecule has 0 fully saturated rings. The number of amides is 2. The number of fused-ring (bicyclic) bond motifs is 1. The zero-order valence-electron chi connectivity index (χ0n) is 9.10. The van der Waals surface area contributed by atoms with Crippen molar-refractivity contribution in [2.24, 2.45) is 0 Å². The molecule has 1 N–H and O–H groups in total. The molecule has 0 radical (unpaired) electrons. The number of aromatic nitrogens is 1. The van der Waals surface area contributed by atoms with Gasteiger partial charge in [0.05, 0.1) is 17.7 Å². The Kier molecular flexibility index (Phi) is 2.27. The van der Waals surface area contributed by atoms with E-state index in [0.29, 0.717) is 5.56 Å². The van der Waals surface area contributed by atoms with Crippen LogP contribution < -0.4 is 0 Å². The fourth-order valence-corrected chi connectivity index (χ4v) is 1.69. The summed E-state index contributed by atoms with van der Waals surface area (Å²) in [7, 11) is 0. The van der Waals surface area contributed by atoms with Gasteiger partial charge in [-0.3, -0.25) is 19.5 Å². The third-order valence-corrected chi connectivity index (χ3v) is 2.64. The number of pyridine rings is 1. The van der Waals surface area contributed by atoms with Crippen molar-refractivity contribution in [2.45, 2.75) is 19.4 Å². The van der Waals surface area contributed by atoms with Crippen LogP contribution in [0.5, 0.6) is 0 Å². The summed E-state index contributed by atoms with van der Waals surface area (Å²) in [5.74, 6) is -0.841. The second kappa shape index (κ2) is 3.38. The number of carbonyl (C=O) groups excluding carboxylic acids is 2. The van der Waals surface area contributed by atoms with Gasteiger partial charge in [0, 0.05) is 6.20 Å². The van der Waals surface area contributed by atoms with Crippen LogP contribution in [0.1, 0.15) is 34.7 Å². The molecular formula is C11H12N2O3. The van der Waals surface area contributed by atoms with Crippen molar-refractivity contribution in [3.05, 3.63) is 29.6 Å². The topological polar surface area (TPSA) is 70.5 Å². The van der Waals surface area contributed by atoms with E-state index in [2.05, 4.69) is 4.98 Å². The van der Waals surface area contributed by atoms with E-state index < -0.39 is 17.4 Å². The average molecular weight is 220 g/mol. The highest BCUT2D eigenvalue weighted by molar-refractivity contribution is 6.20. The molecule has 1 aliphatic rings. The van der Waals surface area contributed by atoms with E-state index in [1.165, 1.54) is 6.20 Å². The SMILES string of the molecule is CC(C)(CO)N1C(=O)c2cccnc2C1=O. The van der Waals surface area contributed by atoms with E-state index in [0.717, 1.165) is 4.90 Å². The first-order valence-electron chi connectivity index (χ1n) is 4.94. The molecule has 0 bridgehead atoms. The first-order valence-corrected chi connectivity index (χ1v) is 4.94. The van der Waals surface area contributed by atoms with E-state index in [-0.39, 0.29) is 12.3 Å². The molecule has 0 aliphatic carbocycles. The Morgan fingerprint density at radius 1 is 1.38 bits per heavy atom. The fourth-order valence-electron chi connectivity index (χ4n) is 1.69. The highest BCUT2D eigenvalue weighted by atomic mass is 16.3. The highest BCUT2D eigenvalue weighted by Gasteiger charge is 2.44. The molecule has 0 aromatic carbocycles. The van der Waals surface area contributed by atoms with Gasteiger partial charge in [0.1, 0.15) is 5.69 Å². The largest absolute Gasteiger partial charge is 0.394 e. The monoisotopic (exact) mass is 220 g/mol. The van der Waals surface area contributed by atoms with Crippen molar-refractivity contribution in [1.82, 2.24) is 9.88 Å². The normalized spacial score (nSPS) is 15.6. The summed E-state index contributed by atoms with van der Waals surface area (Å²) in [6, 6.07) is 3.18. The third-order valence-electron chi connectivity index (χ3n) is 2.64. The van der Waals surface area contributed by atoms with Crippen LogP contribution in [0.25, 0.3) is 0 Å². The standard InChI is InChI=1S/C11H12N2O3/c1-11(2,6-14)13-9(15)7-4-3-5-12-8(7)10(13)16/h3-5,14H,6H2,1-2H3. The molecule has 2 amide bonds. The van der Waals surface area contributed by atoms with Gasteiger partial charge in [0.2, 0.25) is 0 Å². The van der Waals surface area contributed by atoms with Gasteiger partial charge in [0.15, 0.2) is 0 Å². The number of imide groups is 1. The molecule has 1 aliphatic heterocycles. The summed E-state index contributed by atoms with van der Waals surface area (Å²) in [6.45, 7) is 2.99. The molecule has 5 nitrogen and oxygen atoms in total. The van der Waals surface area contributed by atoms with Crippen LogP contribution >= 0.6 is 0 Å². The number of carbonyl (C=O) groups is 2. The van der Waals surface area contributed by atoms with Gasteiger partial charge in [-0.2, -0.15) is 0 Å². The van der Waals surface area contributed by atoms with Crippen molar-refractivity contribution in [3.8, 4) is 0 Å². The predicted octanol–water partition coefficient (Wildman–Crippen LogP) is 0.449. The number of aliphatic hydroxyl groups excluding tert-OH is 1. The van der Waals surface area contributed by atoms with Gasteiger partial charge in [0.25, 0.3) is 11.8 Å². The number of hydrogen-bond acceptors (Lipinski definition) is 4. The molecule has 2 rings (SSSR count). The van der Waals surface area contributed by atoms with Crippen molar-refractivity contribution in [1.29, 1.82) is 0 Å². The maximum absolute atomic E-state index is 12.0. The van der Waals surface area contributed by atoms with E-state index in [1.807, 2.05) is 0 Å². The Bertz CT molecular complexity index is 433. The molecule has 0 saturated heterocycles. The van der Waals surface area contributed by atoms with Gasteiger partial charge >= 0.3 is 0 Å². The second-order valence-electron chi connectivity index (χ2n) is 4.32. The highest BCUT2D eigenvalue weighted by Crippen LogP contribution is 2.27. The van der Waals surface area contributed by atoms with Crippen LogP contribution in [-0.2, 0) is 0 Å². The summed E-state index contributed by atoms with van der Waals surface area (Å²) in [5.41, 5.74) is -0.447. The van der Waals surface area contributed by atoms with Gasteiger partial charge in [-0.1, -0.05) is 0 Å². The molecule has 1 aromatic heterocycles. The van der Waals surface area contributed by atoms with Crippen LogP contribution in [0.15, 0.2) is 18.3 Å². The second-order valence-corrected chi connectivity index (χ2v) is 4.32. The van der Waals surface area contributed by atoms with Gasteiger partial charge < -0.3 is 5.11 Å². The Hall–Kier alpha value is -1.75. The number of hydrogen-bond donors (Lipinski definition) is 1. The van der Waals surface area contributed by atoms with Gasteiger partial charge in [-0.25, -0.2) is 0 Å². The summed E-state index contributed by atoms with van der Waals surface area (Å²) in [6.07, 6.45) is 1.47. The maximum Gasteiger partial charge on any atom is 0.280 e. The van der Waals surface area contributed by atoms with Crippen LogP contribution in [0.4, 0.5) is 0 Å². The van der Waals surface area contributed by atoms with E-state index in [4.69, 9.17) is 0 Å². The lowest BCUT2D eigenvalue weighted by atomic mass is 10.1. The van der Waals surface area contributed by atoms with E-state index >= 15 is 0 Å². The molecule has 2 heterocycles. The number of aliphatic hydroxyl groups is 1. The summed E-state index contributed by atoms with van der Waals surface area (Å²) in [5, 5.41) is 9.20. The Morgan fingerprint density at radius 2 is 2.06 bits per heavy atom. The van der Waals surface area contributed by atoms with Gasteiger partial charge in [-0.15, -0.1) is 0 Å². The van der Waals surface area contributed by atoms with Crippen LogP contribution in [-0.4, -0.2) is 39.0 Å². The summed E-state index contributed by atoms with van der Waals surface area (Å²) < 4.78 is 0. The molecule has 16 heavy (non-hydrogen) atoms. The van der Waals surface area contributed by atoms with E-state index in [9.17, 15) is 14.7 Å². The molecule has 0 unspecified atom stereocenters. The predicted molar refractivity (Wildman–Crippen MR) is 55.9 cm³/mol. The average Bonchev–Trinajstić information content (AvgIpc) is 2.53. The maximum atomic E-state index is 12.0. The Labute approximate surface area is 92.7 Å². The lowest BCUT2D eigenvalue weighted by Crippen LogP contribution is -2.50. The quantitative estimate of drug-likeness (QED) is 0.734. The minimum absolute atomic E-state index is 0.161. The van der Waals surface area contributed by atoms with Crippen LogP contribution in [0.3, 0.4) is 0 Å². The minimum atomic E-state index is -0.908.